The number of hydrogen-bond acceptors (Lipinski definition) is 6. The van der Waals surface area contributed by atoms with Crippen molar-refractivity contribution in [2.24, 2.45) is 0 Å². The number of sulfonamides is 1. The zero-order valence-electron chi connectivity index (χ0n) is 18.3. The maximum atomic E-state index is 12.7. The first kappa shape index (κ1) is 24.0. The van der Waals surface area contributed by atoms with Crippen molar-refractivity contribution in [3.05, 3.63) is 48.4 Å². The number of furan rings is 1. The van der Waals surface area contributed by atoms with Crippen LogP contribution in [0.25, 0.3) is 0 Å². The van der Waals surface area contributed by atoms with Gasteiger partial charge in [-0.1, -0.05) is 6.42 Å². The number of nitrogens with one attached hydrogen (secondary N) is 3. The van der Waals surface area contributed by atoms with Crippen LogP contribution in [-0.2, 0) is 19.6 Å². The Bertz CT molecular complexity index is 999. The lowest BCUT2D eigenvalue weighted by Gasteiger charge is -2.33. The Hall–Kier alpha value is -2.69. The van der Waals surface area contributed by atoms with Crippen molar-refractivity contribution in [3.8, 4) is 0 Å². The lowest BCUT2D eigenvalue weighted by Crippen LogP contribution is -2.47. The summed E-state index contributed by atoms with van der Waals surface area (Å²) in [6.45, 7) is 5.05. The number of benzene rings is 1. The highest BCUT2D eigenvalue weighted by Crippen LogP contribution is 2.24. The third kappa shape index (κ3) is 6.41. The summed E-state index contributed by atoms with van der Waals surface area (Å²) < 4.78 is 33.3. The largest absolute Gasteiger partial charge is 0.468 e. The molecular formula is C22H30N4O5S. The Morgan fingerprint density at radius 3 is 2.38 bits per heavy atom. The van der Waals surface area contributed by atoms with Gasteiger partial charge in [-0.2, -0.15) is 4.72 Å². The van der Waals surface area contributed by atoms with E-state index >= 15 is 0 Å². The molecule has 3 N–H and O–H groups in total. The van der Waals surface area contributed by atoms with Crippen molar-refractivity contribution < 1.29 is 22.4 Å². The number of rotatable bonds is 9. The number of piperidine rings is 1. The van der Waals surface area contributed by atoms with Crippen LogP contribution >= 0.6 is 0 Å². The van der Waals surface area contributed by atoms with Gasteiger partial charge in [0.05, 0.1) is 23.2 Å². The zero-order chi connectivity index (χ0) is 23.1. The molecule has 0 bridgehead atoms. The first-order chi connectivity index (χ1) is 15.3. The van der Waals surface area contributed by atoms with Crippen LogP contribution in [0.5, 0.6) is 0 Å². The molecule has 1 aromatic heterocycles. The van der Waals surface area contributed by atoms with E-state index in [0.717, 1.165) is 31.7 Å². The SMILES string of the molecule is CC(=O)Nc1ccc(S(=O)(=O)N[C@H](C)C(=O)NC[C@@H](c2ccco2)N2CCCCC2)cc1. The quantitative estimate of drug-likeness (QED) is 0.526. The fourth-order valence-corrected chi connectivity index (χ4v) is 4.95. The molecule has 2 heterocycles. The van der Waals surface area contributed by atoms with E-state index in [1.165, 1.54) is 44.5 Å². The van der Waals surface area contributed by atoms with E-state index in [0.29, 0.717) is 12.2 Å². The summed E-state index contributed by atoms with van der Waals surface area (Å²) in [7, 11) is -3.90. The molecule has 174 valence electrons. The topological polar surface area (TPSA) is 121 Å². The summed E-state index contributed by atoms with van der Waals surface area (Å²) >= 11 is 0. The minimum Gasteiger partial charge on any atom is -0.468 e. The Kier molecular flexibility index (Phi) is 8.05. The second kappa shape index (κ2) is 10.8. The summed E-state index contributed by atoms with van der Waals surface area (Å²) in [6, 6.07) is 8.39. The molecule has 0 spiro atoms. The molecule has 32 heavy (non-hydrogen) atoms. The average molecular weight is 463 g/mol. The summed E-state index contributed by atoms with van der Waals surface area (Å²) in [4.78, 5) is 26.0. The Morgan fingerprint density at radius 2 is 1.78 bits per heavy atom. The highest BCUT2D eigenvalue weighted by Gasteiger charge is 2.27. The number of amides is 2. The van der Waals surface area contributed by atoms with Crippen LogP contribution < -0.4 is 15.4 Å². The third-order valence-corrected chi connectivity index (χ3v) is 6.94. The highest BCUT2D eigenvalue weighted by molar-refractivity contribution is 7.89. The van der Waals surface area contributed by atoms with Gasteiger partial charge in [-0.05, 0) is 69.3 Å². The van der Waals surface area contributed by atoms with E-state index in [4.69, 9.17) is 4.42 Å². The fourth-order valence-electron chi connectivity index (χ4n) is 3.75. The second-order valence-corrected chi connectivity index (χ2v) is 9.64. The van der Waals surface area contributed by atoms with E-state index in [9.17, 15) is 18.0 Å². The summed E-state index contributed by atoms with van der Waals surface area (Å²) in [5, 5.41) is 5.44. The highest BCUT2D eigenvalue weighted by atomic mass is 32.2. The molecule has 1 aromatic carbocycles. The maximum absolute atomic E-state index is 12.7. The summed E-state index contributed by atoms with van der Waals surface area (Å²) in [5.74, 6) is 0.109. The minimum absolute atomic E-state index is 0.00744. The molecule has 0 saturated carbocycles. The number of carbonyl (C=O) groups excluding carboxylic acids is 2. The van der Waals surface area contributed by atoms with Crippen LogP contribution in [0.2, 0.25) is 0 Å². The molecule has 1 aliphatic rings. The molecule has 2 amide bonds. The number of carbonyl (C=O) groups is 2. The van der Waals surface area contributed by atoms with Crippen LogP contribution in [-0.4, -0.2) is 50.8 Å². The number of likely N-dealkylation sites (tertiary alicyclic amines) is 1. The smallest absolute Gasteiger partial charge is 0.241 e. The lowest BCUT2D eigenvalue weighted by molar-refractivity contribution is -0.122. The molecule has 0 aliphatic carbocycles. The van der Waals surface area contributed by atoms with Crippen molar-refractivity contribution in [2.45, 2.75) is 50.1 Å². The second-order valence-electron chi connectivity index (χ2n) is 7.92. The first-order valence-electron chi connectivity index (χ1n) is 10.7. The lowest BCUT2D eigenvalue weighted by atomic mass is 10.1. The van der Waals surface area contributed by atoms with Gasteiger partial charge in [0.2, 0.25) is 21.8 Å². The van der Waals surface area contributed by atoms with Gasteiger partial charge in [0, 0.05) is 19.2 Å². The van der Waals surface area contributed by atoms with Crippen LogP contribution in [0.4, 0.5) is 5.69 Å². The summed E-state index contributed by atoms with van der Waals surface area (Å²) in [5.41, 5.74) is 0.490. The van der Waals surface area contributed by atoms with Gasteiger partial charge in [-0.15, -0.1) is 0 Å². The van der Waals surface area contributed by atoms with Gasteiger partial charge < -0.3 is 15.1 Å². The van der Waals surface area contributed by atoms with E-state index in [2.05, 4.69) is 20.3 Å². The van der Waals surface area contributed by atoms with Crippen LogP contribution in [0.3, 0.4) is 0 Å². The molecule has 3 rings (SSSR count). The molecule has 1 aliphatic heterocycles. The predicted molar refractivity (Wildman–Crippen MR) is 120 cm³/mol. The van der Waals surface area contributed by atoms with Gasteiger partial charge in [-0.3, -0.25) is 14.5 Å². The van der Waals surface area contributed by atoms with Crippen molar-refractivity contribution in [1.29, 1.82) is 0 Å². The molecule has 9 nitrogen and oxygen atoms in total. The monoisotopic (exact) mass is 462 g/mol. The average Bonchev–Trinajstić information content (AvgIpc) is 3.29. The molecule has 0 radical (unpaired) electrons. The van der Waals surface area contributed by atoms with E-state index in [1.807, 2.05) is 12.1 Å². The molecular weight excluding hydrogens is 432 g/mol. The van der Waals surface area contributed by atoms with Crippen LogP contribution in [0.1, 0.15) is 44.9 Å². The van der Waals surface area contributed by atoms with Gasteiger partial charge in [0.1, 0.15) is 5.76 Å². The van der Waals surface area contributed by atoms with Crippen molar-refractivity contribution in [1.82, 2.24) is 14.9 Å². The van der Waals surface area contributed by atoms with Crippen molar-refractivity contribution in [3.63, 3.8) is 0 Å². The fraction of sp³-hybridized carbons (Fsp3) is 0.455. The number of anilines is 1. The molecule has 1 fully saturated rings. The molecule has 10 heteroatoms. The Morgan fingerprint density at radius 1 is 1.09 bits per heavy atom. The van der Waals surface area contributed by atoms with Gasteiger partial charge in [0.25, 0.3) is 0 Å². The minimum atomic E-state index is -3.90. The van der Waals surface area contributed by atoms with Crippen molar-refractivity contribution in [2.75, 3.05) is 25.0 Å². The Labute approximate surface area is 188 Å². The summed E-state index contributed by atoms with van der Waals surface area (Å²) in [6.07, 6.45) is 5.00. The van der Waals surface area contributed by atoms with Gasteiger partial charge >= 0.3 is 0 Å². The number of nitrogens with zero attached hydrogens (tertiary/aromatic N) is 1. The van der Waals surface area contributed by atoms with E-state index in [1.54, 1.807) is 6.26 Å². The van der Waals surface area contributed by atoms with E-state index < -0.39 is 22.0 Å². The molecule has 0 unspecified atom stereocenters. The molecule has 2 atom stereocenters. The standard InChI is InChI=1S/C22H30N4O5S/c1-16(25-32(29,30)19-10-8-18(9-11-19)24-17(2)27)22(28)23-15-20(21-7-6-14-31-21)26-12-4-3-5-13-26/h6-11,14,16,20,25H,3-5,12-13,15H2,1-2H3,(H,23,28)(H,24,27)/t16-,20+/m1/s1. The van der Waals surface area contributed by atoms with E-state index in [-0.39, 0.29) is 16.8 Å². The Balaban J connectivity index is 1.59. The van der Waals surface area contributed by atoms with Crippen molar-refractivity contribution >= 4 is 27.5 Å². The number of hydrogen-bond donors (Lipinski definition) is 3. The first-order valence-corrected chi connectivity index (χ1v) is 12.2. The van der Waals surface area contributed by atoms with Crippen LogP contribution in [0.15, 0.2) is 52.0 Å². The normalized spacial score (nSPS) is 16.8. The zero-order valence-corrected chi connectivity index (χ0v) is 19.2. The predicted octanol–water partition coefficient (Wildman–Crippen LogP) is 2.25. The van der Waals surface area contributed by atoms with Gasteiger partial charge in [0.15, 0.2) is 0 Å². The molecule has 2 aromatic rings. The molecule has 1 saturated heterocycles. The third-order valence-electron chi connectivity index (χ3n) is 5.38. The van der Waals surface area contributed by atoms with Gasteiger partial charge in [-0.25, -0.2) is 8.42 Å². The van der Waals surface area contributed by atoms with Crippen LogP contribution in [0, 0.1) is 0 Å². The maximum Gasteiger partial charge on any atom is 0.241 e.